The molecule has 2 N–H and O–H groups in total. The Labute approximate surface area is 170 Å². The molecule has 0 bridgehead atoms. The lowest BCUT2D eigenvalue weighted by molar-refractivity contribution is -0.118. The first kappa shape index (κ1) is 19.7. The van der Waals surface area contributed by atoms with E-state index < -0.39 is 5.60 Å². The third-order valence-corrected chi connectivity index (χ3v) is 5.69. The molecule has 2 aromatic heterocycles. The van der Waals surface area contributed by atoms with Gasteiger partial charge < -0.3 is 15.2 Å². The minimum Gasteiger partial charge on any atom is -0.384 e. The molecule has 0 spiro atoms. The fraction of sp³-hybridized carbons (Fsp3) is 0.524. The molecule has 1 fully saturated rings. The summed E-state index contributed by atoms with van der Waals surface area (Å²) < 4.78 is 5.47. The first-order chi connectivity index (χ1) is 13.9. The monoisotopic (exact) mass is 397 g/mol. The molecule has 154 valence electrons. The lowest BCUT2D eigenvalue weighted by Gasteiger charge is -2.38. The number of amides is 1. The molecule has 0 radical (unpaired) electrons. The van der Waals surface area contributed by atoms with Gasteiger partial charge in [0.15, 0.2) is 11.6 Å². The van der Waals surface area contributed by atoms with Crippen molar-refractivity contribution in [2.45, 2.75) is 57.3 Å². The lowest BCUT2D eigenvalue weighted by Crippen LogP contribution is -2.49. The predicted molar refractivity (Wildman–Crippen MR) is 110 cm³/mol. The van der Waals surface area contributed by atoms with Gasteiger partial charge in [0.05, 0.1) is 30.2 Å². The molecule has 4 rings (SSSR count). The second-order valence-corrected chi connectivity index (χ2v) is 8.20. The molecule has 3 heterocycles. The smallest absolute Gasteiger partial charge is 0.247 e. The fourth-order valence-electron chi connectivity index (χ4n) is 4.00. The summed E-state index contributed by atoms with van der Waals surface area (Å²) in [5.41, 5.74) is 1.01. The number of hydrogen-bond donors (Lipinski definition) is 2. The Morgan fingerprint density at radius 2 is 1.93 bits per heavy atom. The molecule has 2 aliphatic rings. The van der Waals surface area contributed by atoms with E-state index in [9.17, 15) is 9.90 Å². The second kappa shape index (κ2) is 7.68. The van der Waals surface area contributed by atoms with E-state index in [-0.39, 0.29) is 24.6 Å². The number of carbonyl (C=O) groups excluding carboxylic acids is 1. The van der Waals surface area contributed by atoms with Crippen LogP contribution in [0.5, 0.6) is 0 Å². The number of nitrogens with zero attached hydrogens (tertiary/aromatic N) is 4. The minimum atomic E-state index is -1.01. The van der Waals surface area contributed by atoms with Crippen LogP contribution in [-0.4, -0.2) is 51.8 Å². The molecular formula is C21H27N5O3. The number of hydrogen-bond acceptors (Lipinski definition) is 7. The van der Waals surface area contributed by atoms with E-state index in [0.717, 1.165) is 31.2 Å². The highest BCUT2D eigenvalue weighted by Gasteiger charge is 2.35. The topological polar surface area (TPSA) is 100 Å². The van der Waals surface area contributed by atoms with Crippen molar-refractivity contribution in [2.75, 3.05) is 23.9 Å². The predicted octanol–water partition coefficient (Wildman–Crippen LogP) is 2.48. The maximum atomic E-state index is 12.7. The molecule has 8 heteroatoms. The molecule has 0 atom stereocenters. The van der Waals surface area contributed by atoms with Crippen molar-refractivity contribution in [1.29, 1.82) is 0 Å². The van der Waals surface area contributed by atoms with Gasteiger partial charge in [-0.1, -0.05) is 0 Å². The molecule has 1 saturated carbocycles. The van der Waals surface area contributed by atoms with Crippen LogP contribution in [0.1, 0.15) is 45.2 Å². The summed E-state index contributed by atoms with van der Waals surface area (Å²) in [6.07, 6.45) is 7.26. The Bertz CT molecular complexity index is 886. The number of methoxy groups -OCH3 is 1. The van der Waals surface area contributed by atoms with Crippen molar-refractivity contribution in [3.8, 4) is 11.3 Å². The van der Waals surface area contributed by atoms with E-state index in [0.29, 0.717) is 23.0 Å². The van der Waals surface area contributed by atoms with Crippen LogP contribution in [0, 0.1) is 0 Å². The average Bonchev–Trinajstić information content (AvgIpc) is 2.73. The first-order valence-electron chi connectivity index (χ1n) is 10.0. The number of fused-ring (bicyclic) bond motifs is 1. The highest BCUT2D eigenvalue weighted by Crippen LogP contribution is 2.34. The molecule has 2 aromatic rings. The highest BCUT2D eigenvalue weighted by atomic mass is 16.5. The van der Waals surface area contributed by atoms with Crippen LogP contribution in [0.4, 0.5) is 11.6 Å². The Kier molecular flexibility index (Phi) is 5.23. The van der Waals surface area contributed by atoms with E-state index in [1.54, 1.807) is 39.4 Å². The standard InChI is InChI=1S/C21H27N5O3/c1-21(2,28)17-9-4-13(10-22-17)16-11-23-19-20(25-16)26(18(27)12-24-19)14-5-7-15(29-3)8-6-14/h4,9-11,14-15,28H,5-8,12H2,1-3H3,(H,23,24)/t14-,15+. The summed E-state index contributed by atoms with van der Waals surface area (Å²) in [5.74, 6) is 1.22. The number of ether oxygens (including phenoxy) is 1. The summed E-state index contributed by atoms with van der Waals surface area (Å²) in [7, 11) is 1.74. The summed E-state index contributed by atoms with van der Waals surface area (Å²) in [6.45, 7) is 3.62. The lowest BCUT2D eigenvalue weighted by atomic mass is 9.91. The van der Waals surface area contributed by atoms with E-state index in [1.165, 1.54) is 0 Å². The maximum Gasteiger partial charge on any atom is 0.247 e. The molecule has 0 unspecified atom stereocenters. The van der Waals surface area contributed by atoms with Crippen LogP contribution in [0.2, 0.25) is 0 Å². The van der Waals surface area contributed by atoms with Crippen LogP contribution in [0.3, 0.4) is 0 Å². The molecule has 1 aliphatic carbocycles. The number of carbonyl (C=O) groups is 1. The number of aromatic nitrogens is 3. The Morgan fingerprint density at radius 3 is 2.55 bits per heavy atom. The Morgan fingerprint density at radius 1 is 1.17 bits per heavy atom. The fourth-order valence-corrected chi connectivity index (χ4v) is 4.00. The third-order valence-electron chi connectivity index (χ3n) is 5.69. The van der Waals surface area contributed by atoms with Crippen molar-refractivity contribution in [1.82, 2.24) is 15.0 Å². The molecular weight excluding hydrogens is 370 g/mol. The van der Waals surface area contributed by atoms with Crippen LogP contribution in [0.25, 0.3) is 11.3 Å². The van der Waals surface area contributed by atoms with Gasteiger partial charge in [-0.25, -0.2) is 9.97 Å². The van der Waals surface area contributed by atoms with Crippen molar-refractivity contribution in [2.24, 2.45) is 0 Å². The average molecular weight is 397 g/mol. The molecule has 0 saturated heterocycles. The zero-order chi connectivity index (χ0) is 20.6. The van der Waals surface area contributed by atoms with Gasteiger partial charge in [-0.15, -0.1) is 0 Å². The van der Waals surface area contributed by atoms with Gasteiger partial charge in [0, 0.05) is 24.9 Å². The van der Waals surface area contributed by atoms with Gasteiger partial charge in [0.25, 0.3) is 0 Å². The highest BCUT2D eigenvalue weighted by molar-refractivity contribution is 6.01. The van der Waals surface area contributed by atoms with Gasteiger partial charge in [0.2, 0.25) is 5.91 Å². The third kappa shape index (κ3) is 3.95. The van der Waals surface area contributed by atoms with E-state index >= 15 is 0 Å². The first-order valence-corrected chi connectivity index (χ1v) is 10.0. The van der Waals surface area contributed by atoms with Crippen LogP contribution in [-0.2, 0) is 15.1 Å². The van der Waals surface area contributed by atoms with Crippen molar-refractivity contribution < 1.29 is 14.6 Å². The van der Waals surface area contributed by atoms with Crippen molar-refractivity contribution in [3.63, 3.8) is 0 Å². The normalized spacial score (nSPS) is 22.2. The SMILES string of the molecule is CO[C@H]1CC[C@@H](N2C(=O)CNc3ncc(-c4ccc(C(C)(C)O)nc4)nc32)CC1. The summed E-state index contributed by atoms with van der Waals surface area (Å²) >= 11 is 0. The molecule has 1 aliphatic heterocycles. The quantitative estimate of drug-likeness (QED) is 0.817. The van der Waals surface area contributed by atoms with Gasteiger partial charge in [-0.3, -0.25) is 14.7 Å². The summed E-state index contributed by atoms with van der Waals surface area (Å²) in [4.78, 5) is 28.2. The summed E-state index contributed by atoms with van der Waals surface area (Å²) in [6, 6.07) is 3.75. The molecule has 1 amide bonds. The number of aliphatic hydroxyl groups is 1. The van der Waals surface area contributed by atoms with Crippen LogP contribution < -0.4 is 10.2 Å². The zero-order valence-corrected chi connectivity index (χ0v) is 17.1. The van der Waals surface area contributed by atoms with E-state index in [2.05, 4.69) is 15.3 Å². The number of anilines is 2. The molecule has 29 heavy (non-hydrogen) atoms. The summed E-state index contributed by atoms with van der Waals surface area (Å²) in [5, 5.41) is 13.2. The number of pyridine rings is 1. The number of rotatable bonds is 4. The Balaban J connectivity index is 1.64. The molecule has 0 aromatic carbocycles. The van der Waals surface area contributed by atoms with Gasteiger partial charge >= 0.3 is 0 Å². The number of nitrogens with one attached hydrogen (secondary N) is 1. The second-order valence-electron chi connectivity index (χ2n) is 8.20. The Hall–Kier alpha value is -2.58. The van der Waals surface area contributed by atoms with Crippen molar-refractivity contribution in [3.05, 3.63) is 30.2 Å². The largest absolute Gasteiger partial charge is 0.384 e. The van der Waals surface area contributed by atoms with Crippen LogP contribution in [0.15, 0.2) is 24.5 Å². The van der Waals surface area contributed by atoms with E-state index in [4.69, 9.17) is 9.72 Å². The van der Waals surface area contributed by atoms with Gasteiger partial charge in [0.1, 0.15) is 5.60 Å². The van der Waals surface area contributed by atoms with Crippen LogP contribution >= 0.6 is 0 Å². The van der Waals surface area contributed by atoms with Crippen molar-refractivity contribution >= 4 is 17.5 Å². The molecule has 8 nitrogen and oxygen atoms in total. The maximum absolute atomic E-state index is 12.7. The minimum absolute atomic E-state index is 0.0142. The van der Waals surface area contributed by atoms with E-state index in [1.807, 2.05) is 11.0 Å². The zero-order valence-electron chi connectivity index (χ0n) is 17.1. The van der Waals surface area contributed by atoms with Gasteiger partial charge in [-0.2, -0.15) is 0 Å². The van der Waals surface area contributed by atoms with Gasteiger partial charge in [-0.05, 0) is 51.7 Å².